The van der Waals surface area contributed by atoms with Gasteiger partial charge in [0.2, 0.25) is 0 Å². The summed E-state index contributed by atoms with van der Waals surface area (Å²) in [6.07, 6.45) is 13.0. The predicted molar refractivity (Wildman–Crippen MR) is 165 cm³/mol. The number of anilines is 1. The quantitative estimate of drug-likeness (QED) is 0.174. The van der Waals surface area contributed by atoms with E-state index in [4.69, 9.17) is 0 Å². The fraction of sp³-hybridized carbons (Fsp3) is 0.139. The number of carbonyl (C=O) groups is 1. The molecule has 3 aliphatic rings. The van der Waals surface area contributed by atoms with Crippen molar-refractivity contribution >= 4 is 34.9 Å². The van der Waals surface area contributed by atoms with Gasteiger partial charge in [0.25, 0.3) is 5.69 Å². The van der Waals surface area contributed by atoms with E-state index < -0.39 is 4.92 Å². The SMILES string of the molecule is C1=CNc2ccccc2C=C1.Cc1cc([N+](=O)[O-])ccc1C(=O)C1=c2ccc3c(c2CCC1)CC=c1c(F)cccc1=3. The summed E-state index contributed by atoms with van der Waals surface area (Å²) in [6.45, 7) is 1.73. The van der Waals surface area contributed by atoms with Gasteiger partial charge in [-0.3, -0.25) is 14.9 Å². The number of Topliss-reactive ketones (excluding diaryl/α,β-unsaturated/α-hetero) is 1. The molecule has 1 N–H and O–H groups in total. The molecule has 2 aliphatic carbocycles. The third-order valence-electron chi connectivity index (χ3n) is 8.09. The molecule has 0 unspecified atom stereocenters. The van der Waals surface area contributed by atoms with E-state index in [1.807, 2.05) is 54.8 Å². The minimum Gasteiger partial charge on any atom is -0.361 e. The van der Waals surface area contributed by atoms with E-state index in [0.717, 1.165) is 45.3 Å². The Morgan fingerprint density at radius 1 is 0.905 bits per heavy atom. The van der Waals surface area contributed by atoms with Crippen LogP contribution in [0, 0.1) is 33.3 Å². The lowest BCUT2D eigenvalue weighted by atomic mass is 9.83. The van der Waals surface area contributed by atoms with E-state index >= 15 is 0 Å². The molecular formula is C36H29FN2O3. The van der Waals surface area contributed by atoms with Crippen LogP contribution < -0.4 is 15.8 Å². The van der Waals surface area contributed by atoms with Crippen LogP contribution in [0.3, 0.4) is 0 Å². The zero-order chi connectivity index (χ0) is 29.2. The Labute approximate surface area is 242 Å². The lowest BCUT2D eigenvalue weighted by molar-refractivity contribution is -0.384. The molecule has 7 rings (SSSR count). The molecule has 4 aromatic rings. The Morgan fingerprint density at radius 3 is 2.57 bits per heavy atom. The molecule has 0 aromatic heterocycles. The van der Waals surface area contributed by atoms with Crippen molar-refractivity contribution < 1.29 is 14.1 Å². The van der Waals surface area contributed by atoms with Crippen LogP contribution in [0.15, 0.2) is 91.1 Å². The van der Waals surface area contributed by atoms with Crippen molar-refractivity contribution in [1.82, 2.24) is 0 Å². The smallest absolute Gasteiger partial charge is 0.269 e. The number of carbonyl (C=O) groups excluding carboxylic acids is 1. The highest BCUT2D eigenvalue weighted by molar-refractivity contribution is 6.25. The van der Waals surface area contributed by atoms with E-state index in [0.29, 0.717) is 29.2 Å². The molecule has 0 bridgehead atoms. The highest BCUT2D eigenvalue weighted by Gasteiger charge is 2.23. The van der Waals surface area contributed by atoms with Gasteiger partial charge in [0.05, 0.1) is 4.92 Å². The van der Waals surface area contributed by atoms with E-state index in [1.165, 1.54) is 29.3 Å². The van der Waals surface area contributed by atoms with Crippen LogP contribution in [0.25, 0.3) is 17.7 Å². The number of nitro benzene ring substituents is 1. The number of hydrogen-bond acceptors (Lipinski definition) is 4. The van der Waals surface area contributed by atoms with Crippen molar-refractivity contribution in [1.29, 1.82) is 0 Å². The van der Waals surface area contributed by atoms with Crippen LogP contribution in [0.2, 0.25) is 0 Å². The first-order valence-corrected chi connectivity index (χ1v) is 14.0. The van der Waals surface area contributed by atoms with Crippen molar-refractivity contribution in [2.45, 2.75) is 32.6 Å². The second-order valence-electron chi connectivity index (χ2n) is 10.6. The van der Waals surface area contributed by atoms with Crippen molar-refractivity contribution in [3.63, 3.8) is 0 Å². The molecule has 0 atom stereocenters. The Hall–Kier alpha value is -5.10. The van der Waals surface area contributed by atoms with E-state index in [2.05, 4.69) is 23.5 Å². The van der Waals surface area contributed by atoms with Gasteiger partial charge >= 0.3 is 0 Å². The van der Waals surface area contributed by atoms with E-state index in [1.54, 1.807) is 19.1 Å². The molecule has 0 saturated carbocycles. The number of ketones is 1. The molecule has 42 heavy (non-hydrogen) atoms. The van der Waals surface area contributed by atoms with Gasteiger partial charge in [-0.1, -0.05) is 60.7 Å². The standard InChI is InChI=1S/C26H20FNO3.C10H9N/c1-15-14-16(28(30)31)8-9-17(15)26(29)24-6-2-4-18-20-12-13-23-19(5-3-7-25(23)27)21(20)10-11-22(18)24;1-2-7-10-9(5-1)6-3-4-8-11-10/h3,5,7-11,13-14H,2,4,6,12H2,1H3;1-8,11H. The van der Waals surface area contributed by atoms with E-state index in [9.17, 15) is 19.3 Å². The maximum Gasteiger partial charge on any atom is 0.269 e. The van der Waals surface area contributed by atoms with Crippen LogP contribution in [0.5, 0.6) is 0 Å². The summed E-state index contributed by atoms with van der Waals surface area (Å²) >= 11 is 0. The number of allylic oxidation sites excluding steroid dienone is 2. The summed E-state index contributed by atoms with van der Waals surface area (Å²) in [5.74, 6) is -0.281. The molecule has 5 nitrogen and oxygen atoms in total. The summed E-state index contributed by atoms with van der Waals surface area (Å²) in [7, 11) is 0. The number of nitrogens with one attached hydrogen (secondary N) is 1. The second-order valence-corrected chi connectivity index (χ2v) is 10.6. The fourth-order valence-corrected chi connectivity index (χ4v) is 6.05. The molecule has 0 spiro atoms. The number of halogens is 1. The van der Waals surface area contributed by atoms with Crippen LogP contribution >= 0.6 is 0 Å². The molecule has 0 radical (unpaired) electrons. The number of rotatable bonds is 3. The number of non-ortho nitro benzene ring substituents is 1. The van der Waals surface area contributed by atoms with Crippen molar-refractivity contribution in [2.24, 2.45) is 0 Å². The summed E-state index contributed by atoms with van der Waals surface area (Å²) in [5, 5.41) is 17.8. The van der Waals surface area contributed by atoms with Crippen molar-refractivity contribution in [3.05, 3.63) is 156 Å². The van der Waals surface area contributed by atoms with Crippen LogP contribution in [0.4, 0.5) is 15.8 Å². The molecule has 0 amide bonds. The van der Waals surface area contributed by atoms with Gasteiger partial charge in [0, 0.05) is 40.4 Å². The number of fused-ring (bicyclic) bond motifs is 5. The number of para-hydroxylation sites is 1. The number of nitro groups is 1. The monoisotopic (exact) mass is 556 g/mol. The normalized spacial score (nSPS) is 14.0. The topological polar surface area (TPSA) is 72.2 Å². The summed E-state index contributed by atoms with van der Waals surface area (Å²) < 4.78 is 14.3. The zero-order valence-corrected chi connectivity index (χ0v) is 23.2. The Kier molecular flexibility index (Phi) is 7.36. The second kappa shape index (κ2) is 11.4. The largest absolute Gasteiger partial charge is 0.361 e. The summed E-state index contributed by atoms with van der Waals surface area (Å²) in [4.78, 5) is 24.0. The maximum absolute atomic E-state index is 14.3. The molecule has 6 heteroatoms. The van der Waals surface area contributed by atoms with Gasteiger partial charge in [-0.15, -0.1) is 0 Å². The Morgan fingerprint density at radius 2 is 1.74 bits per heavy atom. The summed E-state index contributed by atoms with van der Waals surface area (Å²) in [6, 6.07) is 21.8. The van der Waals surface area contributed by atoms with Gasteiger partial charge in [0.15, 0.2) is 5.78 Å². The highest BCUT2D eigenvalue weighted by Crippen LogP contribution is 2.26. The van der Waals surface area contributed by atoms with Crippen molar-refractivity contribution in [2.75, 3.05) is 5.32 Å². The first kappa shape index (κ1) is 27.1. The summed E-state index contributed by atoms with van der Waals surface area (Å²) in [5.41, 5.74) is 6.58. The van der Waals surface area contributed by atoms with Crippen LogP contribution in [0.1, 0.15) is 45.5 Å². The minimum absolute atomic E-state index is 0.0152. The fourth-order valence-electron chi connectivity index (χ4n) is 6.05. The third kappa shape index (κ3) is 5.07. The first-order valence-electron chi connectivity index (χ1n) is 14.0. The average Bonchev–Trinajstić information content (AvgIpc) is 3.26. The van der Waals surface area contributed by atoms with Gasteiger partial charge in [-0.05, 0) is 94.8 Å². The lowest BCUT2D eigenvalue weighted by Gasteiger charge is -2.20. The third-order valence-corrected chi connectivity index (χ3v) is 8.09. The molecule has 1 heterocycles. The Balaban J connectivity index is 0.000000240. The number of benzene rings is 4. The molecule has 1 aliphatic heterocycles. The average molecular weight is 557 g/mol. The zero-order valence-electron chi connectivity index (χ0n) is 23.2. The molecular weight excluding hydrogens is 527 g/mol. The molecule has 4 aromatic carbocycles. The molecule has 208 valence electrons. The number of aryl methyl sites for hydroxylation is 1. The van der Waals surface area contributed by atoms with Gasteiger partial charge in [-0.25, -0.2) is 4.39 Å². The molecule has 0 saturated heterocycles. The maximum atomic E-state index is 14.3. The highest BCUT2D eigenvalue weighted by atomic mass is 19.1. The lowest BCUT2D eigenvalue weighted by Crippen LogP contribution is -2.26. The van der Waals surface area contributed by atoms with Gasteiger partial charge in [-0.2, -0.15) is 0 Å². The van der Waals surface area contributed by atoms with Gasteiger partial charge in [0.1, 0.15) is 5.82 Å². The minimum atomic E-state index is -0.451. The van der Waals surface area contributed by atoms with Crippen molar-refractivity contribution in [3.8, 4) is 0 Å². The first-order chi connectivity index (χ1) is 20.4. The number of nitrogens with zero attached hydrogens (tertiary/aromatic N) is 1. The van der Waals surface area contributed by atoms with E-state index in [-0.39, 0.29) is 17.3 Å². The predicted octanol–water partition coefficient (Wildman–Crippen LogP) is 6.67. The Bertz CT molecular complexity index is 2040. The van der Waals surface area contributed by atoms with Gasteiger partial charge < -0.3 is 5.32 Å². The van der Waals surface area contributed by atoms with Crippen LogP contribution in [-0.4, -0.2) is 10.7 Å². The van der Waals surface area contributed by atoms with Crippen LogP contribution in [-0.2, 0) is 12.8 Å². The molecule has 0 fully saturated rings. The number of hydrogen-bond donors (Lipinski definition) is 1.